The van der Waals surface area contributed by atoms with Gasteiger partial charge in [0.2, 0.25) is 0 Å². The summed E-state index contributed by atoms with van der Waals surface area (Å²) in [6, 6.07) is 2.25. The summed E-state index contributed by atoms with van der Waals surface area (Å²) in [6.45, 7) is 4.13. The second-order valence-electron chi connectivity index (χ2n) is 4.04. The summed E-state index contributed by atoms with van der Waals surface area (Å²) in [7, 11) is 1.91. The van der Waals surface area contributed by atoms with Crippen LogP contribution in [0.3, 0.4) is 0 Å². The van der Waals surface area contributed by atoms with Crippen LogP contribution in [0.4, 0.5) is 0 Å². The Hall–Kier alpha value is -1.40. The van der Waals surface area contributed by atoms with Gasteiger partial charge >= 0.3 is 0 Å². The lowest BCUT2D eigenvalue weighted by Crippen LogP contribution is -2.24. The van der Waals surface area contributed by atoms with Crippen molar-refractivity contribution < 1.29 is 4.52 Å². The Morgan fingerprint density at radius 2 is 2.28 bits per heavy atom. The smallest absolute Gasteiger partial charge is 0.278 e. The quantitative estimate of drug-likeness (QED) is 0.863. The van der Waals surface area contributed by atoms with E-state index in [4.69, 9.17) is 4.52 Å². The molecule has 18 heavy (non-hydrogen) atoms. The molecule has 0 aliphatic rings. The molecular formula is C11H18ClN5O. The van der Waals surface area contributed by atoms with Crippen LogP contribution >= 0.6 is 12.4 Å². The van der Waals surface area contributed by atoms with Crippen LogP contribution in [0.2, 0.25) is 0 Å². The topological polar surface area (TPSA) is 79.6 Å². The molecule has 2 heterocycles. The maximum atomic E-state index is 5.18. The summed E-state index contributed by atoms with van der Waals surface area (Å²) < 4.78 is 5.18. The largest absolute Gasteiger partial charge is 0.332 e. The van der Waals surface area contributed by atoms with Gasteiger partial charge in [-0.2, -0.15) is 10.1 Å². The zero-order chi connectivity index (χ0) is 12.3. The molecular weight excluding hydrogens is 254 g/mol. The highest BCUT2D eigenvalue weighted by Crippen LogP contribution is 2.15. The summed E-state index contributed by atoms with van der Waals surface area (Å²) in [6.07, 6.45) is 1.65. The Morgan fingerprint density at radius 3 is 2.89 bits per heavy atom. The summed E-state index contributed by atoms with van der Waals surface area (Å²) in [5.41, 5.74) is 1.76. The predicted octanol–water partition coefficient (Wildman–Crippen LogP) is 1.59. The number of aromatic amines is 1. The minimum absolute atomic E-state index is 0. The molecule has 7 heteroatoms. The van der Waals surface area contributed by atoms with Crippen LogP contribution in [0.1, 0.15) is 25.4 Å². The van der Waals surface area contributed by atoms with Crippen molar-refractivity contribution in [3.63, 3.8) is 0 Å². The van der Waals surface area contributed by atoms with E-state index in [1.54, 1.807) is 0 Å². The van der Waals surface area contributed by atoms with E-state index < -0.39 is 0 Å². The first kappa shape index (κ1) is 14.7. The first-order valence-electron chi connectivity index (χ1n) is 5.77. The summed E-state index contributed by atoms with van der Waals surface area (Å²) in [4.78, 5) is 4.32. The van der Waals surface area contributed by atoms with E-state index in [2.05, 4.69) is 39.5 Å². The average Bonchev–Trinajstić information content (AvgIpc) is 2.96. The van der Waals surface area contributed by atoms with Crippen molar-refractivity contribution in [1.82, 2.24) is 25.7 Å². The van der Waals surface area contributed by atoms with Gasteiger partial charge in [-0.05, 0) is 26.5 Å². The van der Waals surface area contributed by atoms with Gasteiger partial charge in [0.15, 0.2) is 11.5 Å². The van der Waals surface area contributed by atoms with Crippen LogP contribution in [0, 0.1) is 0 Å². The van der Waals surface area contributed by atoms with Crippen LogP contribution in [0.25, 0.3) is 11.6 Å². The number of hydrogen-bond donors (Lipinski definition) is 2. The third-order valence-electron chi connectivity index (χ3n) is 2.68. The Morgan fingerprint density at radius 1 is 1.50 bits per heavy atom. The van der Waals surface area contributed by atoms with E-state index >= 15 is 0 Å². The number of aryl methyl sites for hydroxylation is 1. The molecule has 2 N–H and O–H groups in total. The number of nitrogens with zero attached hydrogens (tertiary/aromatic N) is 3. The van der Waals surface area contributed by atoms with Crippen LogP contribution in [0.5, 0.6) is 0 Å². The summed E-state index contributed by atoms with van der Waals surface area (Å²) >= 11 is 0. The van der Waals surface area contributed by atoms with Gasteiger partial charge in [0.05, 0.1) is 0 Å². The van der Waals surface area contributed by atoms with Crippen LogP contribution in [-0.2, 0) is 12.8 Å². The molecule has 0 amide bonds. The fourth-order valence-electron chi connectivity index (χ4n) is 1.47. The van der Waals surface area contributed by atoms with E-state index in [9.17, 15) is 0 Å². The van der Waals surface area contributed by atoms with Gasteiger partial charge in [-0.15, -0.1) is 12.4 Å². The van der Waals surface area contributed by atoms with E-state index in [1.165, 1.54) is 0 Å². The lowest BCUT2D eigenvalue weighted by Gasteiger charge is -2.04. The first-order chi connectivity index (χ1) is 8.22. The van der Waals surface area contributed by atoms with Crippen molar-refractivity contribution in [2.24, 2.45) is 0 Å². The Kier molecular flexibility index (Phi) is 5.30. The molecule has 2 aromatic rings. The second-order valence-corrected chi connectivity index (χ2v) is 4.04. The molecule has 0 radical (unpaired) electrons. The SMILES string of the molecule is CCc1cc(-c2nc(CC(C)NC)no2)n[nH]1.Cl. The lowest BCUT2D eigenvalue weighted by molar-refractivity contribution is 0.417. The van der Waals surface area contributed by atoms with Crippen molar-refractivity contribution in [1.29, 1.82) is 0 Å². The highest BCUT2D eigenvalue weighted by molar-refractivity contribution is 5.85. The number of halogens is 1. The molecule has 100 valence electrons. The number of likely N-dealkylation sites (N-methyl/N-ethyl adjacent to an activating group) is 1. The minimum atomic E-state index is 0. The summed E-state index contributed by atoms with van der Waals surface area (Å²) in [5, 5.41) is 14.1. The molecule has 0 aromatic carbocycles. The van der Waals surface area contributed by atoms with Crippen molar-refractivity contribution in [3.05, 3.63) is 17.6 Å². The molecule has 6 nitrogen and oxygen atoms in total. The molecule has 0 aliphatic heterocycles. The van der Waals surface area contributed by atoms with Crippen LogP contribution in [-0.4, -0.2) is 33.4 Å². The number of aromatic nitrogens is 4. The second kappa shape index (κ2) is 6.51. The van der Waals surface area contributed by atoms with E-state index in [0.717, 1.165) is 18.5 Å². The highest BCUT2D eigenvalue weighted by Gasteiger charge is 2.13. The van der Waals surface area contributed by atoms with Crippen molar-refractivity contribution in [2.45, 2.75) is 32.7 Å². The fraction of sp³-hybridized carbons (Fsp3) is 0.545. The van der Waals surface area contributed by atoms with Gasteiger partial charge in [0, 0.05) is 18.2 Å². The molecule has 2 aromatic heterocycles. The standard InChI is InChI=1S/C11H17N5O.ClH/c1-4-8-6-9(15-14-8)11-13-10(16-17-11)5-7(2)12-3;/h6-7,12H,4-5H2,1-3H3,(H,14,15);1H. The Labute approximate surface area is 112 Å². The third-order valence-corrected chi connectivity index (χ3v) is 2.68. The van der Waals surface area contributed by atoms with Crippen molar-refractivity contribution in [3.8, 4) is 11.6 Å². The molecule has 0 aliphatic carbocycles. The maximum absolute atomic E-state index is 5.18. The number of rotatable bonds is 5. The molecule has 0 spiro atoms. The first-order valence-corrected chi connectivity index (χ1v) is 5.77. The van der Waals surface area contributed by atoms with Crippen LogP contribution in [0.15, 0.2) is 10.6 Å². The van der Waals surface area contributed by atoms with Crippen molar-refractivity contribution >= 4 is 12.4 Å². The lowest BCUT2D eigenvalue weighted by atomic mass is 10.2. The highest BCUT2D eigenvalue weighted by atomic mass is 35.5. The minimum Gasteiger partial charge on any atom is -0.332 e. The van der Waals surface area contributed by atoms with Gasteiger partial charge in [-0.1, -0.05) is 12.1 Å². The van der Waals surface area contributed by atoms with E-state index in [1.807, 2.05) is 13.1 Å². The van der Waals surface area contributed by atoms with Gasteiger partial charge in [0.25, 0.3) is 5.89 Å². The number of nitrogens with one attached hydrogen (secondary N) is 2. The Bertz CT molecular complexity index is 481. The third kappa shape index (κ3) is 3.30. The van der Waals surface area contributed by atoms with Gasteiger partial charge in [0.1, 0.15) is 0 Å². The van der Waals surface area contributed by atoms with E-state index in [-0.39, 0.29) is 12.4 Å². The van der Waals surface area contributed by atoms with Crippen molar-refractivity contribution in [2.75, 3.05) is 7.05 Å². The normalized spacial score (nSPS) is 12.2. The molecule has 2 rings (SSSR count). The van der Waals surface area contributed by atoms with Gasteiger partial charge < -0.3 is 9.84 Å². The molecule has 1 atom stereocenters. The van der Waals surface area contributed by atoms with Gasteiger partial charge in [-0.25, -0.2) is 0 Å². The fourth-order valence-corrected chi connectivity index (χ4v) is 1.47. The zero-order valence-electron chi connectivity index (χ0n) is 10.7. The van der Waals surface area contributed by atoms with Gasteiger partial charge in [-0.3, -0.25) is 5.10 Å². The maximum Gasteiger partial charge on any atom is 0.278 e. The number of hydrogen-bond acceptors (Lipinski definition) is 5. The summed E-state index contributed by atoms with van der Waals surface area (Å²) in [5.74, 6) is 1.17. The molecule has 1 unspecified atom stereocenters. The monoisotopic (exact) mass is 271 g/mol. The van der Waals surface area contributed by atoms with Crippen LogP contribution < -0.4 is 5.32 Å². The molecule has 0 fully saturated rings. The molecule has 0 saturated carbocycles. The number of H-pyrrole nitrogens is 1. The molecule has 0 saturated heterocycles. The molecule has 0 bridgehead atoms. The van der Waals surface area contributed by atoms with E-state index in [0.29, 0.717) is 23.5 Å². The zero-order valence-corrected chi connectivity index (χ0v) is 11.5. The predicted molar refractivity (Wildman–Crippen MR) is 70.7 cm³/mol. The Balaban J connectivity index is 0.00000162. The average molecular weight is 272 g/mol.